The minimum atomic E-state index is 0.0970. The first-order valence-electron chi connectivity index (χ1n) is 7.10. The van der Waals surface area contributed by atoms with E-state index >= 15 is 0 Å². The first-order chi connectivity index (χ1) is 8.81. The third kappa shape index (κ3) is 3.67. The van der Waals surface area contributed by atoms with E-state index in [9.17, 15) is 4.79 Å². The maximum atomic E-state index is 12.4. The molecule has 5 nitrogen and oxygen atoms in total. The number of hydrogen-bond donors (Lipinski definition) is 1. The number of amides is 1. The van der Waals surface area contributed by atoms with Crippen LogP contribution in [-0.2, 0) is 9.53 Å². The predicted molar refractivity (Wildman–Crippen MR) is 70.2 cm³/mol. The molecule has 0 radical (unpaired) electrons. The van der Waals surface area contributed by atoms with Gasteiger partial charge in [-0.3, -0.25) is 4.79 Å². The molecular weight excluding hydrogens is 230 g/mol. The zero-order valence-corrected chi connectivity index (χ0v) is 11.1. The van der Waals surface area contributed by atoms with Gasteiger partial charge in [-0.05, 0) is 25.8 Å². The molecule has 2 aliphatic heterocycles. The van der Waals surface area contributed by atoms with Crippen LogP contribution in [0.1, 0.15) is 19.3 Å². The standard InChI is InChI=1S/C13H25N3O2/c14-4-7-15-5-2-6-16(9-8-15)13(17)12-3-1-10-18-11-12/h12H,1-11,14H2. The molecular formula is C13H25N3O2. The van der Waals surface area contributed by atoms with Crippen molar-refractivity contribution in [2.75, 3.05) is 52.5 Å². The highest BCUT2D eigenvalue weighted by atomic mass is 16.5. The summed E-state index contributed by atoms with van der Waals surface area (Å²) in [6, 6.07) is 0. The lowest BCUT2D eigenvalue weighted by atomic mass is 10.0. The molecule has 2 N–H and O–H groups in total. The fraction of sp³-hybridized carbons (Fsp3) is 0.923. The van der Waals surface area contributed by atoms with Gasteiger partial charge in [-0.25, -0.2) is 0 Å². The van der Waals surface area contributed by atoms with E-state index in [0.717, 1.165) is 58.6 Å². The van der Waals surface area contributed by atoms with Crippen molar-refractivity contribution in [3.63, 3.8) is 0 Å². The third-order valence-corrected chi connectivity index (χ3v) is 3.86. The van der Waals surface area contributed by atoms with Gasteiger partial charge in [0.05, 0.1) is 12.5 Å². The van der Waals surface area contributed by atoms with Crippen molar-refractivity contribution >= 4 is 5.91 Å². The summed E-state index contributed by atoms with van der Waals surface area (Å²) in [5, 5.41) is 0. The van der Waals surface area contributed by atoms with E-state index in [1.54, 1.807) is 0 Å². The van der Waals surface area contributed by atoms with Crippen molar-refractivity contribution in [2.24, 2.45) is 11.7 Å². The summed E-state index contributed by atoms with van der Waals surface area (Å²) >= 11 is 0. The summed E-state index contributed by atoms with van der Waals surface area (Å²) in [6.45, 7) is 6.80. The molecule has 1 amide bonds. The van der Waals surface area contributed by atoms with Crippen molar-refractivity contribution in [2.45, 2.75) is 19.3 Å². The van der Waals surface area contributed by atoms with E-state index in [2.05, 4.69) is 4.90 Å². The first kappa shape index (κ1) is 13.8. The minimum absolute atomic E-state index is 0.0970. The number of rotatable bonds is 3. The normalized spacial score (nSPS) is 26.9. The van der Waals surface area contributed by atoms with Gasteiger partial charge in [0.25, 0.3) is 0 Å². The van der Waals surface area contributed by atoms with Crippen LogP contribution in [0.15, 0.2) is 0 Å². The summed E-state index contributed by atoms with van der Waals surface area (Å²) < 4.78 is 5.41. The smallest absolute Gasteiger partial charge is 0.228 e. The maximum Gasteiger partial charge on any atom is 0.228 e. The van der Waals surface area contributed by atoms with Gasteiger partial charge in [0.15, 0.2) is 0 Å². The predicted octanol–water partition coefficient (Wildman–Crippen LogP) is -0.0940. The van der Waals surface area contributed by atoms with Crippen molar-refractivity contribution < 1.29 is 9.53 Å². The first-order valence-corrected chi connectivity index (χ1v) is 7.10. The second kappa shape index (κ2) is 7.07. The number of nitrogens with zero attached hydrogens (tertiary/aromatic N) is 2. The lowest BCUT2D eigenvalue weighted by Gasteiger charge is -2.28. The fourth-order valence-corrected chi connectivity index (χ4v) is 2.79. The van der Waals surface area contributed by atoms with Gasteiger partial charge >= 0.3 is 0 Å². The number of carbonyl (C=O) groups is 1. The van der Waals surface area contributed by atoms with Crippen LogP contribution in [-0.4, -0.2) is 68.2 Å². The Labute approximate surface area is 109 Å². The molecule has 104 valence electrons. The van der Waals surface area contributed by atoms with Crippen LogP contribution in [0.25, 0.3) is 0 Å². The van der Waals surface area contributed by atoms with Crippen LogP contribution in [0.2, 0.25) is 0 Å². The molecule has 0 aromatic rings. The van der Waals surface area contributed by atoms with Crippen LogP contribution in [0.3, 0.4) is 0 Å². The topological polar surface area (TPSA) is 58.8 Å². The largest absolute Gasteiger partial charge is 0.381 e. The van der Waals surface area contributed by atoms with Crippen LogP contribution >= 0.6 is 0 Å². The summed E-state index contributed by atoms with van der Waals surface area (Å²) in [6.07, 6.45) is 3.06. The van der Waals surface area contributed by atoms with E-state index in [1.807, 2.05) is 4.90 Å². The fourth-order valence-electron chi connectivity index (χ4n) is 2.79. The SMILES string of the molecule is NCCN1CCCN(C(=O)C2CCCOC2)CC1. The third-order valence-electron chi connectivity index (χ3n) is 3.86. The van der Waals surface area contributed by atoms with Gasteiger partial charge in [0.2, 0.25) is 5.91 Å². The van der Waals surface area contributed by atoms with Crippen molar-refractivity contribution in [1.29, 1.82) is 0 Å². The highest BCUT2D eigenvalue weighted by Gasteiger charge is 2.27. The van der Waals surface area contributed by atoms with E-state index in [4.69, 9.17) is 10.5 Å². The van der Waals surface area contributed by atoms with Crippen molar-refractivity contribution in [3.8, 4) is 0 Å². The van der Waals surface area contributed by atoms with Gasteiger partial charge in [-0.2, -0.15) is 0 Å². The monoisotopic (exact) mass is 255 g/mol. The van der Waals surface area contributed by atoms with Gasteiger partial charge < -0.3 is 20.3 Å². The molecule has 2 saturated heterocycles. The summed E-state index contributed by atoms with van der Waals surface area (Å²) in [5.74, 6) is 0.393. The van der Waals surface area contributed by atoms with E-state index in [1.165, 1.54) is 0 Å². The lowest BCUT2D eigenvalue weighted by molar-refractivity contribution is -0.139. The molecule has 2 fully saturated rings. The van der Waals surface area contributed by atoms with E-state index in [0.29, 0.717) is 19.1 Å². The zero-order chi connectivity index (χ0) is 12.8. The second-order valence-electron chi connectivity index (χ2n) is 5.22. The Balaban J connectivity index is 1.82. The van der Waals surface area contributed by atoms with Crippen LogP contribution < -0.4 is 5.73 Å². The Morgan fingerprint density at radius 2 is 2.11 bits per heavy atom. The summed E-state index contributed by atoms with van der Waals surface area (Å²) in [7, 11) is 0. The number of nitrogens with two attached hydrogens (primary N) is 1. The Bertz CT molecular complexity index is 267. The van der Waals surface area contributed by atoms with Crippen LogP contribution in [0.5, 0.6) is 0 Å². The molecule has 0 spiro atoms. The molecule has 0 saturated carbocycles. The molecule has 2 rings (SSSR count). The maximum absolute atomic E-state index is 12.4. The highest BCUT2D eigenvalue weighted by molar-refractivity contribution is 5.79. The number of ether oxygens (including phenoxy) is 1. The highest BCUT2D eigenvalue weighted by Crippen LogP contribution is 2.17. The molecule has 2 heterocycles. The quantitative estimate of drug-likeness (QED) is 0.765. The number of hydrogen-bond acceptors (Lipinski definition) is 4. The van der Waals surface area contributed by atoms with Crippen LogP contribution in [0, 0.1) is 5.92 Å². The van der Waals surface area contributed by atoms with Gasteiger partial charge in [0, 0.05) is 39.3 Å². The van der Waals surface area contributed by atoms with Crippen LogP contribution in [0.4, 0.5) is 0 Å². The van der Waals surface area contributed by atoms with Gasteiger partial charge in [-0.1, -0.05) is 0 Å². The minimum Gasteiger partial charge on any atom is -0.381 e. The molecule has 18 heavy (non-hydrogen) atoms. The Morgan fingerprint density at radius 3 is 2.83 bits per heavy atom. The Morgan fingerprint density at radius 1 is 1.22 bits per heavy atom. The average Bonchev–Trinajstić information content (AvgIpc) is 2.65. The Kier molecular flexibility index (Phi) is 5.41. The van der Waals surface area contributed by atoms with Crippen molar-refractivity contribution in [1.82, 2.24) is 9.80 Å². The van der Waals surface area contributed by atoms with Gasteiger partial charge in [0.1, 0.15) is 0 Å². The molecule has 1 unspecified atom stereocenters. The van der Waals surface area contributed by atoms with E-state index in [-0.39, 0.29) is 5.92 Å². The molecule has 0 aliphatic carbocycles. The average molecular weight is 255 g/mol. The Hall–Kier alpha value is -0.650. The molecule has 0 aromatic heterocycles. The molecule has 0 aromatic carbocycles. The summed E-state index contributed by atoms with van der Waals surface area (Å²) in [5.41, 5.74) is 5.58. The molecule has 0 bridgehead atoms. The summed E-state index contributed by atoms with van der Waals surface area (Å²) in [4.78, 5) is 16.7. The van der Waals surface area contributed by atoms with Gasteiger partial charge in [-0.15, -0.1) is 0 Å². The molecule has 1 atom stereocenters. The lowest BCUT2D eigenvalue weighted by Crippen LogP contribution is -2.41. The number of carbonyl (C=O) groups excluding carboxylic acids is 1. The van der Waals surface area contributed by atoms with Crippen molar-refractivity contribution in [3.05, 3.63) is 0 Å². The second-order valence-corrected chi connectivity index (χ2v) is 5.22. The molecule has 2 aliphatic rings. The zero-order valence-electron chi connectivity index (χ0n) is 11.1. The van der Waals surface area contributed by atoms with E-state index < -0.39 is 0 Å². The molecule has 5 heteroatoms.